The molecular formula is C22H25F3N2O. The summed E-state index contributed by atoms with van der Waals surface area (Å²) in [4.78, 5) is 2.33. The quantitative estimate of drug-likeness (QED) is 0.805. The van der Waals surface area contributed by atoms with Gasteiger partial charge in [-0.1, -0.05) is 30.3 Å². The van der Waals surface area contributed by atoms with Crippen molar-refractivity contribution < 1.29 is 17.9 Å². The van der Waals surface area contributed by atoms with Crippen LogP contribution >= 0.6 is 0 Å². The predicted molar refractivity (Wildman–Crippen MR) is 102 cm³/mol. The van der Waals surface area contributed by atoms with Gasteiger partial charge < -0.3 is 10.1 Å². The Balaban J connectivity index is 1.60. The zero-order chi connectivity index (χ0) is 19.7. The monoisotopic (exact) mass is 390 g/mol. The van der Waals surface area contributed by atoms with Crippen LogP contribution in [0.3, 0.4) is 0 Å². The van der Waals surface area contributed by atoms with Gasteiger partial charge in [0.2, 0.25) is 0 Å². The molecule has 0 radical (unpaired) electrons. The first kappa shape index (κ1) is 19.3. The molecule has 3 fully saturated rings. The first-order chi connectivity index (χ1) is 13.5. The number of piperidine rings is 3. The molecule has 2 aromatic carbocycles. The van der Waals surface area contributed by atoms with E-state index in [0.29, 0.717) is 12.5 Å². The highest BCUT2D eigenvalue weighted by molar-refractivity contribution is 5.34. The van der Waals surface area contributed by atoms with Gasteiger partial charge >= 0.3 is 6.18 Å². The number of benzene rings is 2. The van der Waals surface area contributed by atoms with Crippen LogP contribution in [-0.4, -0.2) is 31.1 Å². The molecule has 0 amide bonds. The largest absolute Gasteiger partial charge is 0.496 e. The summed E-state index contributed by atoms with van der Waals surface area (Å²) in [5.74, 6) is 1.30. The zero-order valence-electron chi connectivity index (χ0n) is 15.9. The molecule has 3 saturated heterocycles. The van der Waals surface area contributed by atoms with E-state index < -0.39 is 11.7 Å². The molecular weight excluding hydrogens is 365 g/mol. The van der Waals surface area contributed by atoms with Gasteiger partial charge in [-0.2, -0.15) is 13.2 Å². The van der Waals surface area contributed by atoms with Crippen LogP contribution < -0.4 is 10.1 Å². The molecule has 0 spiro atoms. The van der Waals surface area contributed by atoms with Crippen molar-refractivity contribution in [2.75, 3.05) is 20.2 Å². The summed E-state index contributed by atoms with van der Waals surface area (Å²) < 4.78 is 45.1. The number of hydrogen-bond acceptors (Lipinski definition) is 3. The van der Waals surface area contributed by atoms with Gasteiger partial charge in [0.25, 0.3) is 0 Å². The van der Waals surface area contributed by atoms with Gasteiger partial charge in [0.15, 0.2) is 0 Å². The molecule has 3 nitrogen and oxygen atoms in total. The molecule has 2 aromatic rings. The number of ether oxygens (including phenoxy) is 1. The molecule has 3 aliphatic heterocycles. The van der Waals surface area contributed by atoms with Crippen LogP contribution in [0.2, 0.25) is 0 Å². The lowest BCUT2D eigenvalue weighted by Crippen LogP contribution is -2.57. The zero-order valence-corrected chi connectivity index (χ0v) is 15.9. The topological polar surface area (TPSA) is 24.5 Å². The molecule has 0 saturated carbocycles. The fraction of sp³-hybridized carbons (Fsp3) is 0.455. The van der Waals surface area contributed by atoms with Gasteiger partial charge in [0.1, 0.15) is 5.75 Å². The van der Waals surface area contributed by atoms with Crippen LogP contribution in [0.15, 0.2) is 48.5 Å². The van der Waals surface area contributed by atoms with Crippen molar-refractivity contribution >= 4 is 0 Å². The molecule has 6 heteroatoms. The minimum Gasteiger partial charge on any atom is -0.496 e. The normalized spacial score (nSPS) is 27.0. The van der Waals surface area contributed by atoms with Crippen LogP contribution in [0, 0.1) is 5.92 Å². The number of nitrogens with zero attached hydrogens (tertiary/aromatic N) is 1. The smallest absolute Gasteiger partial charge is 0.416 e. The van der Waals surface area contributed by atoms with E-state index in [-0.39, 0.29) is 12.1 Å². The summed E-state index contributed by atoms with van der Waals surface area (Å²) in [7, 11) is 1.65. The van der Waals surface area contributed by atoms with Gasteiger partial charge in [0, 0.05) is 18.2 Å². The van der Waals surface area contributed by atoms with Crippen molar-refractivity contribution in [2.45, 2.75) is 37.6 Å². The number of nitrogens with one attached hydrogen (secondary N) is 1. The van der Waals surface area contributed by atoms with Crippen molar-refractivity contribution in [1.29, 1.82) is 0 Å². The van der Waals surface area contributed by atoms with Gasteiger partial charge in [-0.15, -0.1) is 0 Å². The third kappa shape index (κ3) is 3.76. The molecule has 28 heavy (non-hydrogen) atoms. The van der Waals surface area contributed by atoms with Crippen molar-refractivity contribution in [3.8, 4) is 5.75 Å². The van der Waals surface area contributed by atoms with Gasteiger partial charge in [-0.05, 0) is 55.6 Å². The highest BCUT2D eigenvalue weighted by Crippen LogP contribution is 2.42. The summed E-state index contributed by atoms with van der Waals surface area (Å²) >= 11 is 0. The second-order valence-electron chi connectivity index (χ2n) is 7.66. The van der Waals surface area contributed by atoms with E-state index in [2.05, 4.69) is 10.2 Å². The Morgan fingerprint density at radius 2 is 1.82 bits per heavy atom. The average molecular weight is 390 g/mol. The maximum Gasteiger partial charge on any atom is 0.416 e. The summed E-state index contributed by atoms with van der Waals surface area (Å²) in [6, 6.07) is 13.8. The Bertz CT molecular complexity index is 815. The Morgan fingerprint density at radius 3 is 2.54 bits per heavy atom. The molecule has 0 aliphatic carbocycles. The fourth-order valence-corrected chi connectivity index (χ4v) is 4.71. The molecule has 150 valence electrons. The van der Waals surface area contributed by atoms with Gasteiger partial charge in [-0.3, -0.25) is 4.90 Å². The van der Waals surface area contributed by atoms with Crippen LogP contribution in [0.1, 0.15) is 35.6 Å². The van der Waals surface area contributed by atoms with E-state index in [9.17, 15) is 13.2 Å². The molecule has 2 bridgehead atoms. The molecule has 2 atom stereocenters. The second kappa shape index (κ2) is 7.76. The van der Waals surface area contributed by atoms with Crippen molar-refractivity contribution in [2.24, 2.45) is 5.92 Å². The molecule has 3 heterocycles. The molecule has 3 aliphatic rings. The van der Waals surface area contributed by atoms with Crippen molar-refractivity contribution in [3.05, 3.63) is 65.2 Å². The minimum absolute atomic E-state index is 0.0375. The van der Waals surface area contributed by atoms with E-state index in [0.717, 1.165) is 48.9 Å². The van der Waals surface area contributed by atoms with Gasteiger partial charge in [-0.25, -0.2) is 0 Å². The lowest BCUT2D eigenvalue weighted by Gasteiger charge is -2.51. The molecule has 1 N–H and O–H groups in total. The molecule has 0 aromatic heterocycles. The number of rotatable bonds is 5. The first-order valence-corrected chi connectivity index (χ1v) is 9.74. The summed E-state index contributed by atoms with van der Waals surface area (Å²) in [6.07, 6.45) is -2.16. The highest BCUT2D eigenvalue weighted by atomic mass is 19.4. The third-order valence-electron chi connectivity index (χ3n) is 6.09. The van der Waals surface area contributed by atoms with Crippen LogP contribution in [0.4, 0.5) is 13.2 Å². The molecule has 5 rings (SSSR count). The number of methoxy groups -OCH3 is 1. The first-order valence-electron chi connectivity index (χ1n) is 9.74. The van der Waals surface area contributed by atoms with Gasteiger partial charge in [0.05, 0.1) is 18.7 Å². The van der Waals surface area contributed by atoms with Crippen LogP contribution in [0.25, 0.3) is 0 Å². The Kier molecular flexibility index (Phi) is 5.34. The Morgan fingerprint density at radius 1 is 1.07 bits per heavy atom. The predicted octanol–water partition coefficient (Wildman–Crippen LogP) is 4.64. The van der Waals surface area contributed by atoms with E-state index in [1.165, 1.54) is 12.1 Å². The van der Waals surface area contributed by atoms with E-state index >= 15 is 0 Å². The number of alkyl halides is 3. The highest BCUT2D eigenvalue weighted by Gasteiger charge is 2.43. The number of halogens is 3. The maximum atomic E-state index is 13.2. The third-order valence-corrected chi connectivity index (χ3v) is 6.09. The van der Waals surface area contributed by atoms with Crippen molar-refractivity contribution in [3.63, 3.8) is 0 Å². The van der Waals surface area contributed by atoms with Crippen molar-refractivity contribution in [1.82, 2.24) is 10.2 Å². The number of para-hydroxylation sites is 1. The minimum atomic E-state index is -4.32. The fourth-order valence-electron chi connectivity index (χ4n) is 4.71. The standard InChI is InChI=1S/C22H25F3N2O/c1-28-19-8-3-2-5-17(19)14-26-20-15-9-11-27(12-10-15)21(20)16-6-4-7-18(13-16)22(23,24)25/h2-8,13,15,20-21,26H,9-12,14H2,1H3. The van der Waals surface area contributed by atoms with E-state index in [4.69, 9.17) is 4.74 Å². The van der Waals surface area contributed by atoms with E-state index in [1.54, 1.807) is 7.11 Å². The lowest BCUT2D eigenvalue weighted by molar-refractivity contribution is -0.137. The number of fused-ring (bicyclic) bond motifs is 3. The molecule has 2 unspecified atom stereocenters. The second-order valence-corrected chi connectivity index (χ2v) is 7.66. The Hall–Kier alpha value is -2.05. The van der Waals surface area contributed by atoms with Crippen LogP contribution in [0.5, 0.6) is 5.75 Å². The van der Waals surface area contributed by atoms with Crippen LogP contribution in [-0.2, 0) is 12.7 Å². The SMILES string of the molecule is COc1ccccc1CNC1C2CCN(CC2)C1c1cccc(C(F)(F)F)c1. The van der Waals surface area contributed by atoms with E-state index in [1.807, 2.05) is 30.3 Å². The Labute approximate surface area is 163 Å². The average Bonchev–Trinajstić information content (AvgIpc) is 2.72. The number of hydrogen-bond donors (Lipinski definition) is 1. The summed E-state index contributed by atoms with van der Waals surface area (Å²) in [5, 5.41) is 3.65. The summed E-state index contributed by atoms with van der Waals surface area (Å²) in [6.45, 7) is 2.52. The maximum absolute atomic E-state index is 13.2. The summed E-state index contributed by atoms with van der Waals surface area (Å²) in [5.41, 5.74) is 1.23. The lowest BCUT2D eigenvalue weighted by atomic mass is 9.76.